The van der Waals surface area contributed by atoms with E-state index in [1.807, 2.05) is 25.1 Å². The van der Waals surface area contributed by atoms with Gasteiger partial charge in [-0.1, -0.05) is 72.2 Å². The summed E-state index contributed by atoms with van der Waals surface area (Å²) < 4.78 is 1.32. The van der Waals surface area contributed by atoms with Crippen LogP contribution in [-0.2, 0) is 4.79 Å². The van der Waals surface area contributed by atoms with E-state index < -0.39 is 5.25 Å². The van der Waals surface area contributed by atoms with Crippen LogP contribution in [0.15, 0.2) is 53.7 Å². The van der Waals surface area contributed by atoms with Crippen LogP contribution in [-0.4, -0.2) is 32.6 Å². The smallest absolute Gasteiger partial charge is 0.233 e. The van der Waals surface area contributed by atoms with Crippen molar-refractivity contribution in [2.45, 2.75) is 36.6 Å². The highest BCUT2D eigenvalue weighted by Gasteiger charge is 2.21. The highest BCUT2D eigenvalue weighted by molar-refractivity contribution is 8.00. The van der Waals surface area contributed by atoms with Gasteiger partial charge in [0, 0.05) is 23.0 Å². The van der Waals surface area contributed by atoms with Gasteiger partial charge in [0.2, 0.25) is 11.1 Å². The fraction of sp³-hybridized carbons (Fsp3) is 0.286. The van der Waals surface area contributed by atoms with Crippen LogP contribution < -0.4 is 11.2 Å². The number of nitrogen functional groups attached to an aromatic ring is 1. The van der Waals surface area contributed by atoms with E-state index in [2.05, 4.69) is 34.6 Å². The molecule has 0 bridgehead atoms. The fourth-order valence-electron chi connectivity index (χ4n) is 3.01. The summed E-state index contributed by atoms with van der Waals surface area (Å²) in [5.74, 6) is 6.72. The van der Waals surface area contributed by atoms with Crippen LogP contribution in [0.5, 0.6) is 0 Å². The largest absolute Gasteiger partial charge is 0.355 e. The Morgan fingerprint density at radius 1 is 1.20 bits per heavy atom. The number of carbonyl (C=O) groups is 1. The predicted octanol–water partition coefficient (Wildman–Crippen LogP) is 4.76. The topological polar surface area (TPSA) is 85.8 Å². The van der Waals surface area contributed by atoms with E-state index in [4.69, 9.17) is 29.0 Å². The zero-order chi connectivity index (χ0) is 21.7. The third kappa shape index (κ3) is 5.28. The first-order chi connectivity index (χ1) is 14.4. The number of amides is 1. The average molecular weight is 464 g/mol. The zero-order valence-corrected chi connectivity index (χ0v) is 19.0. The van der Waals surface area contributed by atoms with Gasteiger partial charge in [0.05, 0.1) is 10.3 Å². The third-order valence-electron chi connectivity index (χ3n) is 4.77. The van der Waals surface area contributed by atoms with Crippen LogP contribution in [0, 0.1) is 0 Å². The first kappa shape index (κ1) is 22.5. The standard InChI is InChI=1S/C21H23Cl2N5OS/c1-3-14(15-7-5-4-6-8-15)12-25-20(29)13(2)30-21-27-26-19(28(21)24)17-11-16(22)9-10-18(17)23/h4-11,13-14H,3,12,24H2,1-2H3,(H,25,29). The highest BCUT2D eigenvalue weighted by atomic mass is 35.5. The summed E-state index contributed by atoms with van der Waals surface area (Å²) in [6, 6.07) is 15.2. The number of nitrogens with two attached hydrogens (primary N) is 1. The Morgan fingerprint density at radius 2 is 1.93 bits per heavy atom. The summed E-state index contributed by atoms with van der Waals surface area (Å²) >= 11 is 13.5. The number of aromatic nitrogens is 3. The van der Waals surface area contributed by atoms with Crippen LogP contribution in [0.4, 0.5) is 0 Å². The van der Waals surface area contributed by atoms with Crippen molar-refractivity contribution >= 4 is 40.9 Å². The molecule has 3 aromatic rings. The summed E-state index contributed by atoms with van der Waals surface area (Å²) in [7, 11) is 0. The van der Waals surface area contributed by atoms with Crippen LogP contribution >= 0.6 is 35.0 Å². The molecule has 2 unspecified atom stereocenters. The number of nitrogens with zero attached hydrogens (tertiary/aromatic N) is 3. The molecular formula is C21H23Cl2N5OS. The lowest BCUT2D eigenvalue weighted by Crippen LogP contribution is -2.34. The molecule has 2 aromatic carbocycles. The van der Waals surface area contributed by atoms with Crippen molar-refractivity contribution < 1.29 is 4.79 Å². The minimum Gasteiger partial charge on any atom is -0.355 e. The van der Waals surface area contributed by atoms with E-state index in [0.29, 0.717) is 33.1 Å². The normalized spacial score (nSPS) is 13.1. The maximum absolute atomic E-state index is 12.6. The van der Waals surface area contributed by atoms with Gasteiger partial charge in [-0.05, 0) is 37.1 Å². The summed E-state index contributed by atoms with van der Waals surface area (Å²) in [4.78, 5) is 12.6. The molecule has 3 N–H and O–H groups in total. The van der Waals surface area contributed by atoms with Gasteiger partial charge in [0.1, 0.15) is 0 Å². The van der Waals surface area contributed by atoms with Crippen molar-refractivity contribution in [1.82, 2.24) is 20.2 Å². The summed E-state index contributed by atoms with van der Waals surface area (Å²) in [6.07, 6.45) is 0.937. The van der Waals surface area contributed by atoms with Gasteiger partial charge in [-0.15, -0.1) is 10.2 Å². The third-order valence-corrected chi connectivity index (χ3v) is 6.39. The van der Waals surface area contributed by atoms with E-state index in [9.17, 15) is 4.79 Å². The van der Waals surface area contributed by atoms with Gasteiger partial charge in [-0.2, -0.15) is 0 Å². The molecule has 1 amide bonds. The number of hydrogen-bond acceptors (Lipinski definition) is 5. The number of carbonyl (C=O) groups excluding carboxylic acids is 1. The molecule has 0 fully saturated rings. The van der Waals surface area contributed by atoms with Crippen molar-refractivity contribution in [3.05, 3.63) is 64.1 Å². The molecule has 1 aromatic heterocycles. The Bertz CT molecular complexity index is 1010. The van der Waals surface area contributed by atoms with Crippen molar-refractivity contribution in [2.24, 2.45) is 0 Å². The van der Waals surface area contributed by atoms with Gasteiger partial charge in [0.25, 0.3) is 0 Å². The molecule has 0 saturated heterocycles. The number of thioether (sulfide) groups is 1. The van der Waals surface area contributed by atoms with E-state index in [1.165, 1.54) is 22.0 Å². The summed E-state index contributed by atoms with van der Waals surface area (Å²) in [5, 5.41) is 12.3. The predicted molar refractivity (Wildman–Crippen MR) is 123 cm³/mol. The second kappa shape index (κ2) is 10.2. The fourth-order valence-corrected chi connectivity index (χ4v) is 4.18. The van der Waals surface area contributed by atoms with E-state index >= 15 is 0 Å². The Labute approximate surface area is 190 Å². The number of benzene rings is 2. The van der Waals surface area contributed by atoms with Gasteiger partial charge in [-0.3, -0.25) is 4.79 Å². The van der Waals surface area contributed by atoms with Gasteiger partial charge in [-0.25, -0.2) is 4.68 Å². The number of rotatable bonds is 8. The maximum Gasteiger partial charge on any atom is 0.233 e. The number of halogens is 2. The number of hydrogen-bond donors (Lipinski definition) is 2. The molecule has 158 valence electrons. The van der Waals surface area contributed by atoms with E-state index in [1.54, 1.807) is 18.2 Å². The molecule has 0 saturated carbocycles. The monoisotopic (exact) mass is 463 g/mol. The van der Waals surface area contributed by atoms with Gasteiger partial charge >= 0.3 is 0 Å². The Balaban J connectivity index is 1.64. The second-order valence-electron chi connectivity index (χ2n) is 6.82. The quantitative estimate of drug-likeness (QED) is 0.371. The molecule has 3 rings (SSSR count). The molecule has 30 heavy (non-hydrogen) atoms. The minimum atomic E-state index is -0.396. The molecule has 0 aliphatic heterocycles. The molecule has 2 atom stereocenters. The summed E-state index contributed by atoms with van der Waals surface area (Å²) in [5.41, 5.74) is 1.79. The molecule has 0 radical (unpaired) electrons. The SMILES string of the molecule is CCC(CNC(=O)C(C)Sc1nnc(-c2cc(Cl)ccc2Cl)n1N)c1ccccc1. The van der Waals surface area contributed by atoms with Gasteiger partial charge < -0.3 is 11.2 Å². The Hall–Kier alpha value is -2.22. The molecule has 1 heterocycles. The van der Waals surface area contributed by atoms with Crippen LogP contribution in [0.25, 0.3) is 11.4 Å². The average Bonchev–Trinajstić information content (AvgIpc) is 3.10. The Kier molecular flexibility index (Phi) is 7.64. The minimum absolute atomic E-state index is 0.0836. The molecule has 0 spiro atoms. The molecule has 0 aliphatic rings. The maximum atomic E-state index is 12.6. The van der Waals surface area contributed by atoms with Crippen molar-refractivity contribution in [2.75, 3.05) is 12.4 Å². The molecular weight excluding hydrogens is 441 g/mol. The molecule has 0 aliphatic carbocycles. The molecule has 6 nitrogen and oxygen atoms in total. The van der Waals surface area contributed by atoms with Crippen molar-refractivity contribution in [3.8, 4) is 11.4 Å². The van der Waals surface area contributed by atoms with Crippen LogP contribution in [0.2, 0.25) is 10.0 Å². The highest BCUT2D eigenvalue weighted by Crippen LogP contribution is 2.31. The lowest BCUT2D eigenvalue weighted by molar-refractivity contribution is -0.120. The van der Waals surface area contributed by atoms with Crippen molar-refractivity contribution in [1.29, 1.82) is 0 Å². The van der Waals surface area contributed by atoms with Crippen LogP contribution in [0.3, 0.4) is 0 Å². The lowest BCUT2D eigenvalue weighted by atomic mass is 9.96. The van der Waals surface area contributed by atoms with Crippen LogP contribution in [0.1, 0.15) is 31.7 Å². The molecule has 9 heteroatoms. The first-order valence-corrected chi connectivity index (χ1v) is 11.2. The van der Waals surface area contributed by atoms with E-state index in [0.717, 1.165) is 6.42 Å². The number of nitrogens with one attached hydrogen (secondary N) is 1. The lowest BCUT2D eigenvalue weighted by Gasteiger charge is -2.18. The van der Waals surface area contributed by atoms with Gasteiger partial charge in [0.15, 0.2) is 5.82 Å². The summed E-state index contributed by atoms with van der Waals surface area (Å²) in [6.45, 7) is 4.49. The second-order valence-corrected chi connectivity index (χ2v) is 8.97. The zero-order valence-electron chi connectivity index (χ0n) is 16.7. The van der Waals surface area contributed by atoms with E-state index in [-0.39, 0.29) is 11.8 Å². The Morgan fingerprint density at radius 3 is 2.63 bits per heavy atom. The first-order valence-electron chi connectivity index (χ1n) is 9.56. The van der Waals surface area contributed by atoms with Crippen molar-refractivity contribution in [3.63, 3.8) is 0 Å².